The minimum absolute atomic E-state index is 0.0243. The quantitative estimate of drug-likeness (QED) is 0.423. The molecule has 0 aliphatic carbocycles. The van der Waals surface area contributed by atoms with Crippen molar-refractivity contribution in [3.8, 4) is 0 Å². The van der Waals surface area contributed by atoms with Crippen LogP contribution in [0, 0.1) is 0 Å². The van der Waals surface area contributed by atoms with Gasteiger partial charge in [0.15, 0.2) is 12.4 Å². The number of carbonyl (C=O) groups is 1. The fraction of sp³-hybridized carbons (Fsp3) is 0.769. The number of methoxy groups -OCH3 is 2. The number of ether oxygens (including phenoxy) is 4. The third kappa shape index (κ3) is 2.74. The van der Waals surface area contributed by atoms with Crippen LogP contribution in [0.5, 0.6) is 0 Å². The van der Waals surface area contributed by atoms with Gasteiger partial charge in [-0.2, -0.15) is 0 Å². The first kappa shape index (κ1) is 13.5. The molecular formula is C13H20O5. The Labute approximate surface area is 107 Å². The predicted molar refractivity (Wildman–Crippen MR) is 64.0 cm³/mol. The van der Waals surface area contributed by atoms with Crippen LogP contribution in [0.2, 0.25) is 0 Å². The summed E-state index contributed by atoms with van der Waals surface area (Å²) < 4.78 is 21.4. The Hall–Kier alpha value is -0.910. The van der Waals surface area contributed by atoms with Crippen molar-refractivity contribution in [2.24, 2.45) is 0 Å². The van der Waals surface area contributed by atoms with E-state index >= 15 is 0 Å². The van der Waals surface area contributed by atoms with Crippen LogP contribution in [0.4, 0.5) is 0 Å². The van der Waals surface area contributed by atoms with Crippen molar-refractivity contribution in [1.29, 1.82) is 0 Å². The molecule has 0 aromatic rings. The molecule has 0 bridgehead atoms. The standard InChI is InChI=1S/C13H20O5/c1-8-9(5-7-12(15-2)16-3)17-10-4-6-11(14)18-13(8)10/h9-10,12-13H,1,4-7H2,2-3H3/t9-,10-,13-/m0/s1. The molecule has 102 valence electrons. The van der Waals surface area contributed by atoms with Gasteiger partial charge in [-0.15, -0.1) is 0 Å². The fourth-order valence-corrected chi connectivity index (χ4v) is 2.50. The van der Waals surface area contributed by atoms with Crippen molar-refractivity contribution >= 4 is 5.97 Å². The van der Waals surface area contributed by atoms with E-state index in [9.17, 15) is 4.79 Å². The van der Waals surface area contributed by atoms with Gasteiger partial charge in [0.2, 0.25) is 0 Å². The number of esters is 1. The number of hydrogen-bond acceptors (Lipinski definition) is 5. The first-order valence-electron chi connectivity index (χ1n) is 6.25. The maximum Gasteiger partial charge on any atom is 0.306 e. The number of hydrogen-bond donors (Lipinski definition) is 0. The lowest BCUT2D eigenvalue weighted by Crippen LogP contribution is -2.33. The Balaban J connectivity index is 1.88. The summed E-state index contributed by atoms with van der Waals surface area (Å²) in [6.45, 7) is 4.00. The summed E-state index contributed by atoms with van der Waals surface area (Å²) in [5.74, 6) is -0.159. The van der Waals surface area contributed by atoms with Gasteiger partial charge in [0.25, 0.3) is 0 Å². The van der Waals surface area contributed by atoms with Gasteiger partial charge >= 0.3 is 5.97 Å². The van der Waals surface area contributed by atoms with Crippen LogP contribution in [0.3, 0.4) is 0 Å². The molecule has 2 aliphatic rings. The summed E-state index contributed by atoms with van der Waals surface area (Å²) in [7, 11) is 3.22. The maximum atomic E-state index is 11.3. The third-order valence-corrected chi connectivity index (χ3v) is 3.54. The summed E-state index contributed by atoms with van der Waals surface area (Å²) in [4.78, 5) is 11.3. The fourth-order valence-electron chi connectivity index (χ4n) is 2.50. The van der Waals surface area contributed by atoms with Crippen molar-refractivity contribution in [2.75, 3.05) is 14.2 Å². The van der Waals surface area contributed by atoms with Crippen molar-refractivity contribution in [3.05, 3.63) is 12.2 Å². The van der Waals surface area contributed by atoms with Gasteiger partial charge in [-0.05, 0) is 18.4 Å². The molecule has 0 aromatic carbocycles. The molecule has 5 nitrogen and oxygen atoms in total. The highest BCUT2D eigenvalue weighted by Crippen LogP contribution is 2.35. The zero-order valence-electron chi connectivity index (χ0n) is 10.9. The lowest BCUT2D eigenvalue weighted by atomic mass is 9.98. The minimum Gasteiger partial charge on any atom is -0.455 e. The molecule has 2 rings (SSSR count). The average molecular weight is 256 g/mol. The Bertz CT molecular complexity index is 323. The molecule has 0 amide bonds. The van der Waals surface area contributed by atoms with Crippen molar-refractivity contribution in [3.63, 3.8) is 0 Å². The van der Waals surface area contributed by atoms with Gasteiger partial charge in [0.05, 0.1) is 12.2 Å². The normalized spacial score (nSPS) is 31.6. The average Bonchev–Trinajstić information content (AvgIpc) is 2.68. The van der Waals surface area contributed by atoms with Gasteiger partial charge in [0.1, 0.15) is 0 Å². The number of fused-ring (bicyclic) bond motifs is 1. The van der Waals surface area contributed by atoms with Crippen LogP contribution >= 0.6 is 0 Å². The zero-order valence-corrected chi connectivity index (χ0v) is 10.9. The van der Waals surface area contributed by atoms with Crippen LogP contribution < -0.4 is 0 Å². The van der Waals surface area contributed by atoms with E-state index in [1.807, 2.05) is 0 Å². The largest absolute Gasteiger partial charge is 0.455 e. The highest BCUT2D eigenvalue weighted by atomic mass is 16.7. The van der Waals surface area contributed by atoms with E-state index in [4.69, 9.17) is 18.9 Å². The smallest absolute Gasteiger partial charge is 0.306 e. The molecule has 2 saturated heterocycles. The molecule has 0 N–H and O–H groups in total. The molecule has 0 aromatic heterocycles. The predicted octanol–water partition coefficient (Wildman–Crippen LogP) is 1.41. The van der Waals surface area contributed by atoms with Crippen molar-refractivity contribution < 1.29 is 23.7 Å². The van der Waals surface area contributed by atoms with Crippen molar-refractivity contribution in [1.82, 2.24) is 0 Å². The number of carbonyl (C=O) groups excluding carboxylic acids is 1. The Morgan fingerprint density at radius 3 is 2.83 bits per heavy atom. The van der Waals surface area contributed by atoms with Crippen LogP contribution in [-0.4, -0.2) is 44.8 Å². The molecule has 0 unspecified atom stereocenters. The molecule has 2 aliphatic heterocycles. The van der Waals surface area contributed by atoms with E-state index in [1.54, 1.807) is 14.2 Å². The minimum atomic E-state index is -0.264. The van der Waals surface area contributed by atoms with Gasteiger partial charge in [-0.3, -0.25) is 4.79 Å². The number of rotatable bonds is 5. The van der Waals surface area contributed by atoms with Crippen LogP contribution in [0.15, 0.2) is 12.2 Å². The Morgan fingerprint density at radius 2 is 2.17 bits per heavy atom. The van der Waals surface area contributed by atoms with Crippen molar-refractivity contribution in [2.45, 2.75) is 50.3 Å². The van der Waals surface area contributed by atoms with E-state index in [-0.39, 0.29) is 30.6 Å². The summed E-state index contributed by atoms with van der Waals surface area (Å²) in [5.41, 5.74) is 0.860. The molecule has 0 saturated carbocycles. The lowest BCUT2D eigenvalue weighted by molar-refractivity contribution is -0.158. The molecular weight excluding hydrogens is 236 g/mol. The molecule has 5 heteroatoms. The van der Waals surface area contributed by atoms with Gasteiger partial charge in [0, 0.05) is 27.1 Å². The Morgan fingerprint density at radius 1 is 1.44 bits per heavy atom. The van der Waals surface area contributed by atoms with Gasteiger partial charge < -0.3 is 18.9 Å². The molecule has 0 radical (unpaired) electrons. The lowest BCUT2D eigenvalue weighted by Gasteiger charge is -2.23. The molecule has 0 spiro atoms. The van der Waals surface area contributed by atoms with Gasteiger partial charge in [-0.1, -0.05) is 6.58 Å². The SMILES string of the molecule is C=C1[C@H](CCC(OC)OC)O[C@H]2CCC(=O)O[C@@H]12. The van der Waals surface area contributed by atoms with E-state index < -0.39 is 0 Å². The topological polar surface area (TPSA) is 54.0 Å². The maximum absolute atomic E-state index is 11.3. The molecule has 3 atom stereocenters. The summed E-state index contributed by atoms with van der Waals surface area (Å²) in [6, 6.07) is 0. The van der Waals surface area contributed by atoms with E-state index in [0.717, 1.165) is 24.8 Å². The summed E-state index contributed by atoms with van der Waals surface area (Å²) >= 11 is 0. The van der Waals surface area contributed by atoms with E-state index in [1.165, 1.54) is 0 Å². The molecule has 18 heavy (non-hydrogen) atoms. The van der Waals surface area contributed by atoms with E-state index in [2.05, 4.69) is 6.58 Å². The third-order valence-electron chi connectivity index (χ3n) is 3.54. The van der Waals surface area contributed by atoms with E-state index in [0.29, 0.717) is 6.42 Å². The second kappa shape index (κ2) is 5.82. The molecule has 2 heterocycles. The van der Waals surface area contributed by atoms with Crippen LogP contribution in [0.1, 0.15) is 25.7 Å². The highest BCUT2D eigenvalue weighted by molar-refractivity contribution is 5.71. The Kier molecular flexibility index (Phi) is 4.37. The first-order chi connectivity index (χ1) is 8.65. The highest BCUT2D eigenvalue weighted by Gasteiger charge is 2.43. The van der Waals surface area contributed by atoms with Crippen LogP contribution in [0.25, 0.3) is 0 Å². The van der Waals surface area contributed by atoms with Gasteiger partial charge in [-0.25, -0.2) is 0 Å². The zero-order chi connectivity index (χ0) is 13.1. The second-order valence-corrected chi connectivity index (χ2v) is 4.67. The second-order valence-electron chi connectivity index (χ2n) is 4.67. The summed E-state index contributed by atoms with van der Waals surface area (Å²) in [5, 5.41) is 0. The molecule has 2 fully saturated rings. The first-order valence-corrected chi connectivity index (χ1v) is 6.25. The monoisotopic (exact) mass is 256 g/mol. The van der Waals surface area contributed by atoms with Crippen LogP contribution in [-0.2, 0) is 23.7 Å². The summed E-state index contributed by atoms with van der Waals surface area (Å²) in [6.07, 6.45) is 2.05.